The van der Waals surface area contributed by atoms with Crippen LogP contribution < -0.4 is 5.32 Å². The van der Waals surface area contributed by atoms with Gasteiger partial charge < -0.3 is 40.3 Å². The van der Waals surface area contributed by atoms with E-state index in [9.17, 15) is 30.3 Å². The summed E-state index contributed by atoms with van der Waals surface area (Å²) in [5.41, 5.74) is 0. The van der Waals surface area contributed by atoms with Crippen molar-refractivity contribution in [1.82, 2.24) is 5.32 Å². The number of aliphatic hydroxyl groups is 5. The summed E-state index contributed by atoms with van der Waals surface area (Å²) in [4.78, 5) is 13.0. The Bertz CT molecular complexity index is 966. The highest BCUT2D eigenvalue weighted by molar-refractivity contribution is 5.76. The van der Waals surface area contributed by atoms with Crippen molar-refractivity contribution >= 4 is 5.91 Å². The van der Waals surface area contributed by atoms with Gasteiger partial charge in [0.05, 0.1) is 25.4 Å². The van der Waals surface area contributed by atoms with Crippen LogP contribution in [0.15, 0.2) is 12.2 Å². The highest BCUT2D eigenvalue weighted by Gasteiger charge is 2.44. The number of rotatable bonds is 45. The molecule has 0 aromatic heterocycles. The van der Waals surface area contributed by atoms with E-state index in [1.54, 1.807) is 0 Å². The van der Waals surface area contributed by atoms with E-state index in [0.29, 0.717) is 12.8 Å². The van der Waals surface area contributed by atoms with Gasteiger partial charge in [0.1, 0.15) is 24.4 Å². The number of carbonyl (C=O) groups excluding carboxylic acids is 1. The van der Waals surface area contributed by atoms with Crippen LogP contribution >= 0.6 is 0 Å². The van der Waals surface area contributed by atoms with Crippen molar-refractivity contribution in [3.8, 4) is 0 Å². The van der Waals surface area contributed by atoms with Crippen LogP contribution in [0.3, 0.4) is 0 Å². The van der Waals surface area contributed by atoms with E-state index in [1.165, 1.54) is 193 Å². The van der Waals surface area contributed by atoms with E-state index >= 15 is 0 Å². The summed E-state index contributed by atoms with van der Waals surface area (Å²) in [6, 6.07) is -0.715. The lowest BCUT2D eigenvalue weighted by Crippen LogP contribution is -2.60. The number of hydrogen-bond donors (Lipinski definition) is 6. The molecule has 0 aromatic carbocycles. The Hall–Kier alpha value is -1.07. The van der Waals surface area contributed by atoms with Gasteiger partial charge >= 0.3 is 0 Å². The number of unbranched alkanes of at least 4 members (excludes halogenated alkanes) is 33. The van der Waals surface area contributed by atoms with Gasteiger partial charge in [0.15, 0.2) is 6.29 Å². The molecule has 1 rings (SSSR count). The Morgan fingerprint density at radius 1 is 0.541 bits per heavy atom. The van der Waals surface area contributed by atoms with E-state index in [4.69, 9.17) is 9.47 Å². The number of nitrogens with one attached hydrogen (secondary N) is 1. The molecule has 362 valence electrons. The standard InChI is InChI=1S/C52H101NO8/c1-3-5-7-9-11-13-15-17-19-20-21-22-23-24-25-26-28-30-32-34-36-38-40-42-48(56)53-45(44-60-52-51(59)50(58)49(57)47(43-54)61-52)46(55)41-39-37-35-33-31-29-27-18-16-14-12-10-8-6-4-2/h17,19,45-47,49-52,54-55,57-59H,3-16,18,20-44H2,1-2H3,(H,53,56)/b19-17+/t45-,46+,47-,49-,50?,51?,52-/m0/s1. The van der Waals surface area contributed by atoms with Crippen molar-refractivity contribution in [1.29, 1.82) is 0 Å². The number of carbonyl (C=O) groups is 1. The summed E-state index contributed by atoms with van der Waals surface area (Å²) < 4.78 is 11.3. The molecule has 0 aliphatic carbocycles. The van der Waals surface area contributed by atoms with Crippen molar-refractivity contribution in [3.63, 3.8) is 0 Å². The maximum atomic E-state index is 13.0. The average Bonchev–Trinajstić information content (AvgIpc) is 3.26. The van der Waals surface area contributed by atoms with E-state index in [-0.39, 0.29) is 12.5 Å². The van der Waals surface area contributed by atoms with Crippen molar-refractivity contribution in [2.75, 3.05) is 13.2 Å². The fraction of sp³-hybridized carbons (Fsp3) is 0.942. The zero-order valence-corrected chi connectivity index (χ0v) is 39.9. The second-order valence-corrected chi connectivity index (χ2v) is 18.7. The minimum atomic E-state index is -1.55. The molecule has 1 heterocycles. The number of hydrogen-bond acceptors (Lipinski definition) is 8. The van der Waals surface area contributed by atoms with Gasteiger partial charge in [0, 0.05) is 6.42 Å². The zero-order valence-electron chi connectivity index (χ0n) is 39.9. The van der Waals surface area contributed by atoms with Gasteiger partial charge in [-0.05, 0) is 38.5 Å². The second-order valence-electron chi connectivity index (χ2n) is 18.7. The van der Waals surface area contributed by atoms with E-state index in [1.807, 2.05) is 0 Å². The Morgan fingerprint density at radius 3 is 1.33 bits per heavy atom. The van der Waals surface area contributed by atoms with Crippen LogP contribution in [0.5, 0.6) is 0 Å². The molecule has 0 aromatic rings. The SMILES string of the molecule is CCCCCCCC/C=C/CCCCCCCCCCCCCCCC(=O)N[C@@H](CO[C@H]1O[C@@H](CO)[C@H](O)C(O)C1O)[C@H](O)CCCCCCCCCCCCCCCCC. The molecular formula is C52H101NO8. The van der Waals surface area contributed by atoms with Crippen LogP contribution in [0.25, 0.3) is 0 Å². The third-order valence-electron chi connectivity index (χ3n) is 12.9. The predicted octanol–water partition coefficient (Wildman–Crippen LogP) is 12.1. The summed E-state index contributed by atoms with van der Waals surface area (Å²) in [6.07, 6.45) is 43.7. The average molecular weight is 868 g/mol. The zero-order chi connectivity index (χ0) is 44.4. The van der Waals surface area contributed by atoms with Crippen LogP contribution in [0.2, 0.25) is 0 Å². The minimum Gasteiger partial charge on any atom is -0.394 e. The first-order chi connectivity index (χ1) is 29.8. The fourth-order valence-electron chi connectivity index (χ4n) is 8.63. The van der Waals surface area contributed by atoms with Gasteiger partial charge in [-0.15, -0.1) is 0 Å². The molecule has 1 fully saturated rings. The third-order valence-corrected chi connectivity index (χ3v) is 12.9. The summed E-state index contributed by atoms with van der Waals surface area (Å²) in [5, 5.41) is 54.5. The minimum absolute atomic E-state index is 0.134. The molecule has 1 aliphatic rings. The van der Waals surface area contributed by atoms with Crippen LogP contribution in [0, 0.1) is 0 Å². The first-order valence-corrected chi connectivity index (χ1v) is 26.4. The van der Waals surface area contributed by atoms with Gasteiger partial charge in [-0.3, -0.25) is 4.79 Å². The van der Waals surface area contributed by atoms with Gasteiger partial charge in [0.25, 0.3) is 0 Å². The Labute approximate surface area is 376 Å². The molecule has 6 N–H and O–H groups in total. The number of ether oxygens (including phenoxy) is 2. The first-order valence-electron chi connectivity index (χ1n) is 26.4. The van der Waals surface area contributed by atoms with Crippen LogP contribution in [0.4, 0.5) is 0 Å². The number of allylic oxidation sites excluding steroid dienone is 2. The highest BCUT2D eigenvalue weighted by Crippen LogP contribution is 2.23. The first kappa shape index (κ1) is 57.9. The van der Waals surface area contributed by atoms with Crippen molar-refractivity contribution in [2.45, 2.75) is 301 Å². The monoisotopic (exact) mass is 868 g/mol. The lowest BCUT2D eigenvalue weighted by molar-refractivity contribution is -0.302. The summed E-state index contributed by atoms with van der Waals surface area (Å²) in [7, 11) is 0. The normalized spacial score (nSPS) is 20.4. The smallest absolute Gasteiger partial charge is 0.220 e. The van der Waals surface area contributed by atoms with Gasteiger partial charge in [-0.25, -0.2) is 0 Å². The lowest BCUT2D eigenvalue weighted by Gasteiger charge is -2.40. The topological polar surface area (TPSA) is 149 Å². The lowest BCUT2D eigenvalue weighted by atomic mass is 9.99. The van der Waals surface area contributed by atoms with Crippen molar-refractivity contribution < 1.29 is 39.8 Å². The summed E-state index contributed by atoms with van der Waals surface area (Å²) >= 11 is 0. The number of amides is 1. The van der Waals surface area contributed by atoms with Gasteiger partial charge in [-0.1, -0.05) is 225 Å². The second kappa shape index (κ2) is 42.9. The molecular weight excluding hydrogens is 767 g/mol. The molecule has 0 spiro atoms. The largest absolute Gasteiger partial charge is 0.394 e. The highest BCUT2D eigenvalue weighted by atomic mass is 16.7. The molecule has 0 saturated carbocycles. The molecule has 0 bridgehead atoms. The third kappa shape index (κ3) is 33.1. The quantitative estimate of drug-likeness (QED) is 0.0262. The van der Waals surface area contributed by atoms with Gasteiger partial charge in [-0.2, -0.15) is 0 Å². The molecule has 1 saturated heterocycles. The Balaban J connectivity index is 2.22. The molecule has 1 amide bonds. The van der Waals surface area contributed by atoms with Crippen molar-refractivity contribution in [3.05, 3.63) is 12.2 Å². The van der Waals surface area contributed by atoms with Crippen molar-refractivity contribution in [2.24, 2.45) is 0 Å². The fourth-order valence-corrected chi connectivity index (χ4v) is 8.63. The van der Waals surface area contributed by atoms with E-state index in [0.717, 1.165) is 38.5 Å². The summed E-state index contributed by atoms with van der Waals surface area (Å²) in [6.45, 7) is 3.85. The van der Waals surface area contributed by atoms with Crippen LogP contribution in [-0.4, -0.2) is 87.5 Å². The number of aliphatic hydroxyl groups excluding tert-OH is 5. The summed E-state index contributed by atoms with van der Waals surface area (Å²) in [5.74, 6) is -0.141. The molecule has 9 nitrogen and oxygen atoms in total. The predicted molar refractivity (Wildman–Crippen MR) is 254 cm³/mol. The Kier molecular flexibility index (Phi) is 40.7. The maximum absolute atomic E-state index is 13.0. The van der Waals surface area contributed by atoms with E-state index < -0.39 is 49.5 Å². The molecule has 9 heteroatoms. The van der Waals surface area contributed by atoms with Gasteiger partial charge in [0.2, 0.25) is 5.91 Å². The molecule has 61 heavy (non-hydrogen) atoms. The van der Waals surface area contributed by atoms with Crippen LogP contribution in [-0.2, 0) is 14.3 Å². The molecule has 0 radical (unpaired) electrons. The van der Waals surface area contributed by atoms with E-state index in [2.05, 4.69) is 31.3 Å². The maximum Gasteiger partial charge on any atom is 0.220 e. The van der Waals surface area contributed by atoms with Crippen LogP contribution in [0.1, 0.15) is 258 Å². The molecule has 7 atom stereocenters. The molecule has 2 unspecified atom stereocenters. The molecule has 1 aliphatic heterocycles. The Morgan fingerprint density at radius 2 is 0.918 bits per heavy atom.